The Kier molecular flexibility index (Phi) is 10.2. The molecular formula is C17H32NO6P2S+. The van der Waals surface area contributed by atoms with Gasteiger partial charge in [0.05, 0.1) is 0 Å². The molecule has 1 aromatic rings. The first-order valence-corrected chi connectivity index (χ1v) is 13.5. The van der Waals surface area contributed by atoms with Gasteiger partial charge in [-0.25, -0.2) is 4.57 Å². The molecule has 0 aliphatic carbocycles. The Morgan fingerprint density at radius 2 is 1.52 bits per heavy atom. The predicted molar refractivity (Wildman–Crippen MR) is 108 cm³/mol. The first-order valence-electron chi connectivity index (χ1n) is 9.12. The van der Waals surface area contributed by atoms with Gasteiger partial charge in [-0.3, -0.25) is 9.13 Å². The molecule has 1 atom stereocenters. The molecule has 7 nitrogen and oxygen atoms in total. The van der Waals surface area contributed by atoms with Crippen LogP contribution in [0.3, 0.4) is 0 Å². The lowest BCUT2D eigenvalue weighted by Crippen LogP contribution is -2.39. The largest absolute Gasteiger partial charge is 0.347 e. The van der Waals surface area contributed by atoms with Crippen molar-refractivity contribution in [3.8, 4) is 0 Å². The van der Waals surface area contributed by atoms with Crippen LogP contribution in [0, 0.1) is 11.8 Å². The molecule has 0 aromatic carbocycles. The molecule has 1 unspecified atom stereocenters. The minimum atomic E-state index is -4.91. The minimum absolute atomic E-state index is 0.438. The lowest BCUT2D eigenvalue weighted by Gasteiger charge is -2.16. The second-order valence-electron chi connectivity index (χ2n) is 7.46. The standard InChI is InChI=1S/C17H31NO6P2S/c1-14(2)5-4-6-15(3)9-12-27-16-7-10-18(11-8-16)13-17(25(19,20)21)26(22,23)24/h7-8,10-11,14-15,17H,4-6,9,12-13H2,1-3H3,(H3-,19,20,21,22,23,24)/p+1. The van der Waals surface area contributed by atoms with Crippen molar-refractivity contribution in [2.24, 2.45) is 11.8 Å². The number of thioether (sulfide) groups is 1. The highest BCUT2D eigenvalue weighted by atomic mass is 32.2. The SMILES string of the molecule is CC(C)CCCC(C)CCSc1cc[n+](CC(P(=O)(O)O)P(=O)(O)O)cc1. The maximum Gasteiger partial charge on any atom is 0.347 e. The molecule has 156 valence electrons. The molecule has 0 spiro atoms. The number of nitrogens with zero attached hydrogens (tertiary/aromatic N) is 1. The molecule has 0 aliphatic rings. The zero-order valence-electron chi connectivity index (χ0n) is 16.1. The van der Waals surface area contributed by atoms with E-state index in [0.29, 0.717) is 5.92 Å². The van der Waals surface area contributed by atoms with Gasteiger partial charge < -0.3 is 19.6 Å². The van der Waals surface area contributed by atoms with E-state index in [1.54, 1.807) is 36.3 Å². The third-order valence-corrected chi connectivity index (χ3v) is 9.10. The molecule has 0 amide bonds. The quantitative estimate of drug-likeness (QED) is 0.223. The summed E-state index contributed by atoms with van der Waals surface area (Å²) >= 11 is 1.71. The van der Waals surface area contributed by atoms with Gasteiger partial charge in [0.25, 0.3) is 0 Å². The Bertz CT molecular complexity index is 636. The third kappa shape index (κ3) is 10.2. The van der Waals surface area contributed by atoms with Gasteiger partial charge in [-0.2, -0.15) is 0 Å². The van der Waals surface area contributed by atoms with E-state index >= 15 is 0 Å². The van der Waals surface area contributed by atoms with E-state index in [2.05, 4.69) is 20.8 Å². The molecule has 27 heavy (non-hydrogen) atoms. The highest BCUT2D eigenvalue weighted by molar-refractivity contribution is 7.99. The van der Waals surface area contributed by atoms with Gasteiger partial charge in [-0.05, 0) is 24.0 Å². The van der Waals surface area contributed by atoms with E-state index in [1.807, 2.05) is 0 Å². The molecule has 4 N–H and O–H groups in total. The van der Waals surface area contributed by atoms with Gasteiger partial charge in [-0.1, -0.05) is 40.0 Å². The third-order valence-electron chi connectivity index (χ3n) is 4.37. The summed E-state index contributed by atoms with van der Waals surface area (Å²) in [5.41, 5.74) is 0. The molecule has 1 aromatic heterocycles. The highest BCUT2D eigenvalue weighted by Crippen LogP contribution is 2.59. The van der Waals surface area contributed by atoms with Crippen molar-refractivity contribution in [1.29, 1.82) is 0 Å². The number of pyridine rings is 1. The van der Waals surface area contributed by atoms with Crippen LogP contribution < -0.4 is 4.57 Å². The normalized spacial score (nSPS) is 14.1. The van der Waals surface area contributed by atoms with Crippen LogP contribution in [0.1, 0.15) is 46.5 Å². The maximum atomic E-state index is 11.4. The second-order valence-corrected chi connectivity index (χ2v) is 12.6. The van der Waals surface area contributed by atoms with Crippen LogP contribution in [0.25, 0.3) is 0 Å². The summed E-state index contributed by atoms with van der Waals surface area (Å²) in [4.78, 5) is 37.8. The minimum Gasteiger partial charge on any atom is -0.324 e. The average molecular weight is 440 g/mol. The smallest absolute Gasteiger partial charge is 0.324 e. The lowest BCUT2D eigenvalue weighted by atomic mass is 9.98. The number of hydrogen-bond acceptors (Lipinski definition) is 3. The van der Waals surface area contributed by atoms with Gasteiger partial charge in [0.2, 0.25) is 5.40 Å². The topological polar surface area (TPSA) is 119 Å². The van der Waals surface area contributed by atoms with Crippen molar-refractivity contribution in [3.05, 3.63) is 24.5 Å². The van der Waals surface area contributed by atoms with E-state index in [1.165, 1.54) is 23.8 Å². The summed E-state index contributed by atoms with van der Waals surface area (Å²) in [5.74, 6) is 2.41. The molecule has 1 rings (SSSR count). The molecule has 0 saturated carbocycles. The van der Waals surface area contributed by atoms with Gasteiger partial charge >= 0.3 is 15.2 Å². The fourth-order valence-corrected chi connectivity index (χ4v) is 6.10. The zero-order valence-corrected chi connectivity index (χ0v) is 18.7. The second kappa shape index (κ2) is 11.1. The van der Waals surface area contributed by atoms with Crippen molar-refractivity contribution in [2.75, 3.05) is 5.75 Å². The highest BCUT2D eigenvalue weighted by Gasteiger charge is 2.46. The van der Waals surface area contributed by atoms with Crippen LogP contribution >= 0.6 is 27.0 Å². The maximum absolute atomic E-state index is 11.4. The van der Waals surface area contributed by atoms with E-state index < -0.39 is 27.1 Å². The molecule has 0 bridgehead atoms. The summed E-state index contributed by atoms with van der Waals surface area (Å²) in [5, 5.41) is -2.03. The van der Waals surface area contributed by atoms with Crippen LogP contribution in [-0.2, 0) is 15.7 Å². The predicted octanol–water partition coefficient (Wildman–Crippen LogP) is 3.60. The fourth-order valence-electron chi connectivity index (χ4n) is 2.66. The van der Waals surface area contributed by atoms with Crippen LogP contribution in [-0.4, -0.2) is 30.7 Å². The Labute approximate surface area is 165 Å². The Hall–Kier alpha value is -0.200. The molecule has 10 heteroatoms. The number of rotatable bonds is 12. The molecule has 1 heterocycles. The number of hydrogen-bond donors (Lipinski definition) is 4. The lowest BCUT2D eigenvalue weighted by molar-refractivity contribution is -0.694. The van der Waals surface area contributed by atoms with E-state index in [4.69, 9.17) is 0 Å². The van der Waals surface area contributed by atoms with Crippen LogP contribution in [0.15, 0.2) is 29.4 Å². The van der Waals surface area contributed by atoms with Crippen LogP contribution in [0.5, 0.6) is 0 Å². The summed E-state index contributed by atoms with van der Waals surface area (Å²) in [7, 11) is -9.82. The van der Waals surface area contributed by atoms with Crippen LogP contribution in [0.4, 0.5) is 0 Å². The van der Waals surface area contributed by atoms with E-state index in [9.17, 15) is 28.7 Å². The van der Waals surface area contributed by atoms with E-state index in [0.717, 1.165) is 23.0 Å². The molecular weight excluding hydrogens is 408 g/mol. The molecule has 0 fully saturated rings. The van der Waals surface area contributed by atoms with E-state index in [-0.39, 0.29) is 0 Å². The van der Waals surface area contributed by atoms with Gasteiger partial charge in [0, 0.05) is 17.0 Å². The first-order chi connectivity index (χ1) is 12.4. The van der Waals surface area contributed by atoms with Gasteiger partial charge in [-0.15, -0.1) is 11.8 Å². The van der Waals surface area contributed by atoms with Crippen molar-refractivity contribution < 1.29 is 33.3 Å². The Balaban J connectivity index is 2.50. The monoisotopic (exact) mass is 440 g/mol. The van der Waals surface area contributed by atoms with Gasteiger partial charge in [0.15, 0.2) is 18.9 Å². The zero-order chi connectivity index (χ0) is 20.7. The van der Waals surface area contributed by atoms with Crippen molar-refractivity contribution in [2.45, 2.75) is 63.3 Å². The number of aromatic nitrogens is 1. The summed E-state index contributed by atoms with van der Waals surface area (Å²) < 4.78 is 24.1. The molecule has 0 radical (unpaired) electrons. The van der Waals surface area contributed by atoms with Crippen LogP contribution in [0.2, 0.25) is 0 Å². The van der Waals surface area contributed by atoms with Crippen molar-refractivity contribution >= 4 is 27.0 Å². The summed E-state index contributed by atoms with van der Waals surface area (Å²) in [6, 6.07) is 3.59. The fraction of sp³-hybridized carbons (Fsp3) is 0.706. The average Bonchev–Trinajstić information content (AvgIpc) is 2.51. The first kappa shape index (κ1) is 24.8. The summed E-state index contributed by atoms with van der Waals surface area (Å²) in [6.07, 6.45) is 8.06. The Morgan fingerprint density at radius 3 is 2.00 bits per heavy atom. The summed E-state index contributed by atoms with van der Waals surface area (Å²) in [6.45, 7) is 6.31. The molecule has 0 saturated heterocycles. The molecule has 0 aliphatic heterocycles. The van der Waals surface area contributed by atoms with Gasteiger partial charge in [0.1, 0.15) is 0 Å². The Morgan fingerprint density at radius 1 is 0.963 bits per heavy atom. The van der Waals surface area contributed by atoms with Crippen molar-refractivity contribution in [3.63, 3.8) is 0 Å². The van der Waals surface area contributed by atoms with Crippen molar-refractivity contribution in [1.82, 2.24) is 0 Å².